The Kier molecular flexibility index (Phi) is 7.74. The van der Waals surface area contributed by atoms with Crippen molar-refractivity contribution >= 4 is 18.0 Å². The van der Waals surface area contributed by atoms with E-state index in [-0.39, 0.29) is 19.1 Å². The third-order valence-corrected chi connectivity index (χ3v) is 6.68. The van der Waals surface area contributed by atoms with Gasteiger partial charge in [0.2, 0.25) is 5.91 Å². The summed E-state index contributed by atoms with van der Waals surface area (Å²) in [5, 5.41) is 14.7. The first-order chi connectivity index (χ1) is 15.9. The van der Waals surface area contributed by atoms with E-state index < -0.39 is 29.4 Å². The maximum Gasteiger partial charge on any atom is 0.408 e. The van der Waals surface area contributed by atoms with E-state index in [9.17, 15) is 19.5 Å². The monoisotopic (exact) mass is 452 g/mol. The summed E-state index contributed by atoms with van der Waals surface area (Å²) in [6, 6.07) is 16.2. The number of rotatable bonds is 10. The van der Waals surface area contributed by atoms with Crippen molar-refractivity contribution in [2.75, 3.05) is 13.2 Å². The van der Waals surface area contributed by atoms with Crippen LogP contribution in [-0.2, 0) is 14.3 Å². The smallest absolute Gasteiger partial charge is 0.408 e. The summed E-state index contributed by atoms with van der Waals surface area (Å²) < 4.78 is 5.61. The predicted molar refractivity (Wildman–Crippen MR) is 126 cm³/mol. The fourth-order valence-electron chi connectivity index (χ4n) is 4.43. The molecule has 0 radical (unpaired) electrons. The van der Waals surface area contributed by atoms with Gasteiger partial charge in [-0.05, 0) is 41.5 Å². The average molecular weight is 453 g/mol. The van der Waals surface area contributed by atoms with E-state index in [0.717, 1.165) is 22.3 Å². The molecule has 2 aromatic rings. The Balaban J connectivity index is 1.67. The summed E-state index contributed by atoms with van der Waals surface area (Å²) in [4.78, 5) is 36.9. The fourth-order valence-corrected chi connectivity index (χ4v) is 4.43. The van der Waals surface area contributed by atoms with E-state index in [1.54, 1.807) is 20.8 Å². The SMILES string of the molecule is CCC(CNC(=O)C(CC)(CC)NC(=O)OCC1c2ccccc2-c2ccccc21)C(=O)O. The molecule has 0 fully saturated rings. The maximum atomic E-state index is 12.9. The summed E-state index contributed by atoms with van der Waals surface area (Å²) in [5.41, 5.74) is 3.34. The number of hydrogen-bond acceptors (Lipinski definition) is 4. The Bertz CT molecular complexity index is 970. The number of alkyl carbamates (subject to hydrolysis) is 1. The summed E-state index contributed by atoms with van der Waals surface area (Å²) in [5.74, 6) is -2.10. The average Bonchev–Trinajstić information content (AvgIpc) is 3.15. The molecule has 7 heteroatoms. The van der Waals surface area contributed by atoms with E-state index >= 15 is 0 Å². The standard InChI is InChI=1S/C26H32N2O5/c1-4-17(23(29)30)15-27-24(31)26(5-2,6-3)28-25(32)33-16-22-20-13-9-7-11-18(20)19-12-8-10-14-21(19)22/h7-14,17,22H,4-6,15-16H2,1-3H3,(H,27,31)(H,28,32)(H,29,30). The number of carboxylic acids is 1. The van der Waals surface area contributed by atoms with Crippen molar-refractivity contribution in [3.05, 3.63) is 59.7 Å². The second kappa shape index (κ2) is 10.5. The molecule has 3 rings (SSSR count). The molecular formula is C26H32N2O5. The van der Waals surface area contributed by atoms with Gasteiger partial charge in [-0.3, -0.25) is 9.59 Å². The third kappa shape index (κ3) is 5.02. The van der Waals surface area contributed by atoms with Crippen molar-refractivity contribution in [2.45, 2.75) is 51.5 Å². The number of fused-ring (bicyclic) bond motifs is 3. The van der Waals surface area contributed by atoms with Crippen LogP contribution in [0.25, 0.3) is 11.1 Å². The molecule has 2 aromatic carbocycles. The molecule has 1 aliphatic carbocycles. The Hall–Kier alpha value is -3.35. The molecule has 0 heterocycles. The van der Waals surface area contributed by atoms with Gasteiger partial charge in [-0.15, -0.1) is 0 Å². The van der Waals surface area contributed by atoms with Gasteiger partial charge in [-0.1, -0.05) is 69.3 Å². The summed E-state index contributed by atoms with van der Waals surface area (Å²) in [6.07, 6.45) is 0.439. The van der Waals surface area contributed by atoms with Crippen LogP contribution in [0, 0.1) is 5.92 Å². The van der Waals surface area contributed by atoms with Crippen LogP contribution in [0.3, 0.4) is 0 Å². The number of carboxylic acid groups (broad SMARTS) is 1. The van der Waals surface area contributed by atoms with Crippen molar-refractivity contribution in [1.82, 2.24) is 10.6 Å². The molecular weight excluding hydrogens is 420 g/mol. The first-order valence-corrected chi connectivity index (χ1v) is 11.5. The zero-order valence-electron chi connectivity index (χ0n) is 19.4. The largest absolute Gasteiger partial charge is 0.481 e. The summed E-state index contributed by atoms with van der Waals surface area (Å²) in [7, 11) is 0. The van der Waals surface area contributed by atoms with E-state index in [1.165, 1.54) is 0 Å². The number of carbonyl (C=O) groups is 3. The molecule has 1 aliphatic rings. The van der Waals surface area contributed by atoms with Gasteiger partial charge < -0.3 is 20.5 Å². The molecule has 33 heavy (non-hydrogen) atoms. The highest BCUT2D eigenvalue weighted by atomic mass is 16.5. The van der Waals surface area contributed by atoms with Crippen molar-refractivity contribution in [3.63, 3.8) is 0 Å². The highest BCUT2D eigenvalue weighted by Gasteiger charge is 2.38. The van der Waals surface area contributed by atoms with Gasteiger partial charge in [0.05, 0.1) is 5.92 Å². The Morgan fingerprint density at radius 3 is 2.00 bits per heavy atom. The fraction of sp³-hybridized carbons (Fsp3) is 0.423. The van der Waals surface area contributed by atoms with Crippen LogP contribution >= 0.6 is 0 Å². The lowest BCUT2D eigenvalue weighted by Gasteiger charge is -2.31. The third-order valence-electron chi connectivity index (χ3n) is 6.68. The van der Waals surface area contributed by atoms with Crippen LogP contribution in [-0.4, -0.2) is 41.8 Å². The van der Waals surface area contributed by atoms with Crippen LogP contribution in [0.15, 0.2) is 48.5 Å². The maximum absolute atomic E-state index is 12.9. The minimum atomic E-state index is -1.17. The minimum Gasteiger partial charge on any atom is -0.481 e. The van der Waals surface area contributed by atoms with Gasteiger partial charge in [0, 0.05) is 12.5 Å². The van der Waals surface area contributed by atoms with Gasteiger partial charge in [-0.2, -0.15) is 0 Å². The molecule has 0 aromatic heterocycles. The zero-order chi connectivity index (χ0) is 24.0. The summed E-state index contributed by atoms with van der Waals surface area (Å²) in [6.45, 7) is 5.54. The molecule has 0 spiro atoms. The van der Waals surface area contributed by atoms with Gasteiger partial charge in [0.1, 0.15) is 12.1 Å². The van der Waals surface area contributed by atoms with E-state index in [1.807, 2.05) is 36.4 Å². The Morgan fingerprint density at radius 2 is 1.52 bits per heavy atom. The molecule has 3 N–H and O–H groups in total. The molecule has 2 amide bonds. The minimum absolute atomic E-state index is 0.0127. The first-order valence-electron chi connectivity index (χ1n) is 11.5. The number of carbonyl (C=O) groups excluding carboxylic acids is 2. The number of aliphatic carboxylic acids is 1. The molecule has 7 nitrogen and oxygen atoms in total. The van der Waals surface area contributed by atoms with E-state index in [4.69, 9.17) is 4.74 Å². The van der Waals surface area contributed by atoms with Crippen LogP contribution in [0.4, 0.5) is 4.79 Å². The quantitative estimate of drug-likeness (QED) is 0.498. The van der Waals surface area contributed by atoms with Gasteiger partial charge >= 0.3 is 12.1 Å². The second-order valence-corrected chi connectivity index (χ2v) is 8.39. The Morgan fingerprint density at radius 1 is 0.970 bits per heavy atom. The van der Waals surface area contributed by atoms with Crippen molar-refractivity contribution < 1.29 is 24.2 Å². The highest BCUT2D eigenvalue weighted by Crippen LogP contribution is 2.44. The molecule has 1 atom stereocenters. The van der Waals surface area contributed by atoms with Crippen LogP contribution in [0.1, 0.15) is 57.1 Å². The second-order valence-electron chi connectivity index (χ2n) is 8.39. The predicted octanol–water partition coefficient (Wildman–Crippen LogP) is 4.31. The van der Waals surface area contributed by atoms with E-state index in [0.29, 0.717) is 19.3 Å². The van der Waals surface area contributed by atoms with Crippen LogP contribution in [0.2, 0.25) is 0 Å². The van der Waals surface area contributed by atoms with Gasteiger partial charge in [0.25, 0.3) is 0 Å². The van der Waals surface area contributed by atoms with Gasteiger partial charge in [-0.25, -0.2) is 4.79 Å². The summed E-state index contributed by atoms with van der Waals surface area (Å²) >= 11 is 0. The molecule has 1 unspecified atom stereocenters. The number of ether oxygens (including phenoxy) is 1. The van der Waals surface area contributed by atoms with E-state index in [2.05, 4.69) is 22.8 Å². The molecule has 0 saturated heterocycles. The van der Waals surface area contributed by atoms with Crippen LogP contribution in [0.5, 0.6) is 0 Å². The topological polar surface area (TPSA) is 105 Å². The lowest BCUT2D eigenvalue weighted by Crippen LogP contribution is -2.59. The lowest BCUT2D eigenvalue weighted by atomic mass is 9.91. The van der Waals surface area contributed by atoms with Crippen LogP contribution < -0.4 is 10.6 Å². The van der Waals surface area contributed by atoms with Gasteiger partial charge in [0.15, 0.2) is 0 Å². The Labute approximate surface area is 194 Å². The number of benzene rings is 2. The number of hydrogen-bond donors (Lipinski definition) is 3. The number of nitrogens with one attached hydrogen (secondary N) is 2. The lowest BCUT2D eigenvalue weighted by molar-refractivity contribution is -0.142. The highest BCUT2D eigenvalue weighted by molar-refractivity contribution is 5.90. The zero-order valence-corrected chi connectivity index (χ0v) is 19.4. The first kappa shape index (κ1) is 24.3. The van der Waals surface area contributed by atoms with Crippen molar-refractivity contribution in [3.8, 4) is 11.1 Å². The number of amides is 2. The molecule has 0 aliphatic heterocycles. The molecule has 0 saturated carbocycles. The molecule has 0 bridgehead atoms. The normalized spacial score (nSPS) is 13.5. The van der Waals surface area contributed by atoms with Crippen molar-refractivity contribution in [1.29, 1.82) is 0 Å². The molecule has 176 valence electrons. The van der Waals surface area contributed by atoms with Crippen molar-refractivity contribution in [2.24, 2.45) is 5.92 Å².